The van der Waals surface area contributed by atoms with Gasteiger partial charge in [0.2, 0.25) is 0 Å². The molecular formula is C13H11ClF3N3O. The monoisotopic (exact) mass is 317 g/mol. The summed E-state index contributed by atoms with van der Waals surface area (Å²) in [4.78, 5) is 0. The fourth-order valence-electron chi connectivity index (χ4n) is 2.38. The highest BCUT2D eigenvalue weighted by atomic mass is 35.5. The van der Waals surface area contributed by atoms with Crippen LogP contribution in [-0.2, 0) is 23.9 Å². The van der Waals surface area contributed by atoms with Gasteiger partial charge in [0.05, 0.1) is 30.2 Å². The van der Waals surface area contributed by atoms with E-state index in [1.54, 1.807) is 0 Å². The normalized spacial score (nSPS) is 15.0. The highest BCUT2D eigenvalue weighted by molar-refractivity contribution is 6.30. The maximum absolute atomic E-state index is 13.2. The number of benzene rings is 1. The zero-order valence-electron chi connectivity index (χ0n) is 10.7. The van der Waals surface area contributed by atoms with Gasteiger partial charge in [0, 0.05) is 17.0 Å². The number of hydrogen-bond acceptors (Lipinski definition) is 3. The molecule has 0 bridgehead atoms. The van der Waals surface area contributed by atoms with Crippen molar-refractivity contribution in [3.8, 4) is 5.69 Å². The molecule has 0 unspecified atom stereocenters. The summed E-state index contributed by atoms with van der Waals surface area (Å²) >= 11 is 5.68. The Morgan fingerprint density at radius 1 is 1.33 bits per heavy atom. The predicted molar refractivity (Wildman–Crippen MR) is 71.3 cm³/mol. The van der Waals surface area contributed by atoms with Crippen LogP contribution in [0.25, 0.3) is 5.69 Å². The summed E-state index contributed by atoms with van der Waals surface area (Å²) in [6.07, 6.45) is -4.07. The third kappa shape index (κ3) is 2.47. The number of nitrogens with two attached hydrogens (primary N) is 1. The van der Waals surface area contributed by atoms with Crippen molar-refractivity contribution in [2.75, 3.05) is 12.3 Å². The third-order valence-electron chi connectivity index (χ3n) is 3.34. The fourth-order valence-corrected chi connectivity index (χ4v) is 2.55. The summed E-state index contributed by atoms with van der Waals surface area (Å²) < 4.78 is 46.1. The smallest absolute Gasteiger partial charge is 0.382 e. The molecule has 2 heterocycles. The molecule has 0 saturated heterocycles. The van der Waals surface area contributed by atoms with E-state index >= 15 is 0 Å². The summed E-state index contributed by atoms with van der Waals surface area (Å²) in [6.45, 7) is 0.684. The second-order valence-electron chi connectivity index (χ2n) is 4.68. The van der Waals surface area contributed by atoms with E-state index in [9.17, 15) is 13.2 Å². The fraction of sp³-hybridized carbons (Fsp3) is 0.308. The molecule has 1 aliphatic heterocycles. The van der Waals surface area contributed by atoms with Crippen LogP contribution in [0.15, 0.2) is 18.2 Å². The Balaban J connectivity index is 2.22. The summed E-state index contributed by atoms with van der Waals surface area (Å²) in [7, 11) is 0. The van der Waals surface area contributed by atoms with Gasteiger partial charge < -0.3 is 10.5 Å². The zero-order chi connectivity index (χ0) is 15.2. The minimum atomic E-state index is -4.53. The molecule has 1 aromatic heterocycles. The van der Waals surface area contributed by atoms with Gasteiger partial charge >= 0.3 is 6.18 Å². The van der Waals surface area contributed by atoms with Crippen molar-refractivity contribution >= 4 is 17.4 Å². The number of alkyl halides is 3. The van der Waals surface area contributed by atoms with E-state index in [2.05, 4.69) is 5.10 Å². The molecule has 1 aliphatic rings. The highest BCUT2D eigenvalue weighted by Crippen LogP contribution is 2.37. The lowest BCUT2D eigenvalue weighted by molar-refractivity contribution is -0.137. The van der Waals surface area contributed by atoms with Crippen molar-refractivity contribution in [2.45, 2.75) is 19.2 Å². The van der Waals surface area contributed by atoms with Crippen LogP contribution in [0.4, 0.5) is 19.0 Å². The van der Waals surface area contributed by atoms with Gasteiger partial charge in [-0.3, -0.25) is 0 Å². The van der Waals surface area contributed by atoms with Gasteiger partial charge in [-0.2, -0.15) is 18.3 Å². The molecule has 0 spiro atoms. The molecule has 0 amide bonds. The zero-order valence-corrected chi connectivity index (χ0v) is 11.5. The van der Waals surface area contributed by atoms with E-state index in [1.807, 2.05) is 0 Å². The summed E-state index contributed by atoms with van der Waals surface area (Å²) in [5.41, 5.74) is 6.13. The Kier molecular flexibility index (Phi) is 3.33. The van der Waals surface area contributed by atoms with Crippen LogP contribution < -0.4 is 5.73 Å². The number of ether oxygens (including phenoxy) is 1. The van der Waals surface area contributed by atoms with Crippen molar-refractivity contribution in [3.05, 3.63) is 40.0 Å². The molecule has 21 heavy (non-hydrogen) atoms. The van der Waals surface area contributed by atoms with E-state index in [0.717, 1.165) is 6.07 Å². The summed E-state index contributed by atoms with van der Waals surface area (Å²) in [5.74, 6) is 0.188. The SMILES string of the molecule is Nc1nn(-c2ccc(Cl)cc2C(F)(F)F)c2c1COCC2. The standard InChI is InChI=1S/C13H11ClF3N3O/c14-7-1-2-11(9(5-7)13(15,16)17)20-10-3-4-21-6-8(10)12(18)19-20/h1-2,5H,3-4,6H2,(H2,18,19). The lowest BCUT2D eigenvalue weighted by Gasteiger charge is -2.18. The van der Waals surface area contributed by atoms with E-state index in [4.69, 9.17) is 22.1 Å². The molecule has 0 saturated carbocycles. The van der Waals surface area contributed by atoms with E-state index < -0.39 is 11.7 Å². The molecule has 3 rings (SSSR count). The first-order valence-electron chi connectivity index (χ1n) is 6.19. The minimum absolute atomic E-state index is 0.0170. The number of nitrogen functional groups attached to an aromatic ring is 1. The maximum Gasteiger partial charge on any atom is 0.418 e. The second-order valence-corrected chi connectivity index (χ2v) is 5.12. The summed E-state index contributed by atoms with van der Waals surface area (Å²) in [5, 5.41) is 4.05. The molecule has 2 N–H and O–H groups in total. The van der Waals surface area contributed by atoms with Crippen molar-refractivity contribution in [1.29, 1.82) is 0 Å². The molecule has 0 atom stereocenters. The van der Waals surface area contributed by atoms with E-state index in [0.29, 0.717) is 24.3 Å². The van der Waals surface area contributed by atoms with Gasteiger partial charge in [0.25, 0.3) is 0 Å². The minimum Gasteiger partial charge on any atom is -0.382 e. The van der Waals surface area contributed by atoms with Crippen LogP contribution in [0.3, 0.4) is 0 Å². The number of anilines is 1. The Morgan fingerprint density at radius 2 is 2.10 bits per heavy atom. The van der Waals surface area contributed by atoms with Crippen LogP contribution in [0.2, 0.25) is 5.02 Å². The van der Waals surface area contributed by atoms with Crippen LogP contribution in [0.5, 0.6) is 0 Å². The van der Waals surface area contributed by atoms with Gasteiger partial charge in [0.1, 0.15) is 0 Å². The molecular weight excluding hydrogens is 307 g/mol. The molecule has 8 heteroatoms. The Labute approximate surface area is 123 Å². The number of aromatic nitrogens is 2. The quantitative estimate of drug-likeness (QED) is 0.878. The lowest BCUT2D eigenvalue weighted by Crippen LogP contribution is -2.16. The number of hydrogen-bond donors (Lipinski definition) is 1. The average Bonchev–Trinajstić information content (AvgIpc) is 2.76. The Hall–Kier alpha value is -1.73. The van der Waals surface area contributed by atoms with Gasteiger partial charge in [-0.1, -0.05) is 11.6 Å². The molecule has 0 fully saturated rings. The van der Waals surface area contributed by atoms with Gasteiger partial charge in [-0.15, -0.1) is 0 Å². The number of nitrogens with zero attached hydrogens (tertiary/aromatic N) is 2. The first-order chi connectivity index (χ1) is 9.88. The molecule has 2 aromatic rings. The number of halogens is 4. The van der Waals surface area contributed by atoms with Crippen LogP contribution in [0, 0.1) is 0 Å². The largest absolute Gasteiger partial charge is 0.418 e. The number of fused-ring (bicyclic) bond motifs is 1. The highest BCUT2D eigenvalue weighted by Gasteiger charge is 2.35. The maximum atomic E-state index is 13.2. The second kappa shape index (κ2) is 4.92. The topological polar surface area (TPSA) is 53.1 Å². The van der Waals surface area contributed by atoms with Crippen molar-refractivity contribution in [1.82, 2.24) is 9.78 Å². The molecule has 0 radical (unpaired) electrons. The Bertz CT molecular complexity index is 697. The van der Waals surface area contributed by atoms with Crippen molar-refractivity contribution < 1.29 is 17.9 Å². The van der Waals surface area contributed by atoms with Gasteiger partial charge in [-0.25, -0.2) is 4.68 Å². The molecule has 0 aliphatic carbocycles. The van der Waals surface area contributed by atoms with Crippen LogP contribution in [-0.4, -0.2) is 16.4 Å². The van der Waals surface area contributed by atoms with Crippen molar-refractivity contribution in [2.24, 2.45) is 0 Å². The van der Waals surface area contributed by atoms with E-state index in [1.165, 1.54) is 16.8 Å². The van der Waals surface area contributed by atoms with E-state index in [-0.39, 0.29) is 23.1 Å². The lowest BCUT2D eigenvalue weighted by atomic mass is 10.1. The number of rotatable bonds is 1. The third-order valence-corrected chi connectivity index (χ3v) is 3.58. The molecule has 4 nitrogen and oxygen atoms in total. The predicted octanol–water partition coefficient (Wildman–Crippen LogP) is 3.20. The summed E-state index contributed by atoms with van der Waals surface area (Å²) in [6, 6.07) is 3.59. The van der Waals surface area contributed by atoms with Gasteiger partial charge in [-0.05, 0) is 18.2 Å². The van der Waals surface area contributed by atoms with Gasteiger partial charge in [0.15, 0.2) is 5.82 Å². The first kappa shape index (κ1) is 14.2. The first-order valence-corrected chi connectivity index (χ1v) is 6.57. The van der Waals surface area contributed by atoms with Crippen LogP contribution >= 0.6 is 11.6 Å². The van der Waals surface area contributed by atoms with Crippen LogP contribution in [0.1, 0.15) is 16.8 Å². The molecule has 1 aromatic carbocycles. The molecule has 112 valence electrons. The average molecular weight is 318 g/mol. The Morgan fingerprint density at radius 3 is 2.81 bits per heavy atom. The van der Waals surface area contributed by atoms with Crippen molar-refractivity contribution in [3.63, 3.8) is 0 Å².